The third kappa shape index (κ3) is 3.16. The number of fused-ring (bicyclic) bond motifs is 3. The molecular weight excluding hydrogens is 346 g/mol. The van der Waals surface area contributed by atoms with Crippen molar-refractivity contribution < 1.29 is 9.53 Å². The topological polar surface area (TPSA) is 65.6 Å². The van der Waals surface area contributed by atoms with Crippen LogP contribution in [0.2, 0.25) is 19.6 Å². The molecule has 0 bridgehead atoms. The lowest BCUT2D eigenvalue weighted by Gasteiger charge is -2.09. The van der Waals surface area contributed by atoms with E-state index < -0.39 is 14.0 Å². The van der Waals surface area contributed by atoms with Crippen molar-refractivity contribution in [3.8, 4) is 11.5 Å². The zero-order chi connectivity index (χ0) is 19.1. The average Bonchev–Trinajstić information content (AvgIpc) is 3.02. The molecule has 0 N–H and O–H groups in total. The van der Waals surface area contributed by atoms with Gasteiger partial charge in [-0.1, -0.05) is 25.6 Å². The van der Waals surface area contributed by atoms with Gasteiger partial charge in [-0.05, 0) is 25.1 Å². The van der Waals surface area contributed by atoms with Gasteiger partial charge >= 0.3 is 5.97 Å². The Morgan fingerprint density at radius 3 is 2.69 bits per heavy atom. The smallest absolute Gasteiger partial charge is 0.360 e. The highest BCUT2D eigenvalue weighted by Gasteiger charge is 2.20. The Morgan fingerprint density at radius 2 is 2.04 bits per heavy atom. The fraction of sp³-hybridized carbons (Fsp3) is 0.316. The average molecular weight is 367 g/mol. The van der Waals surface area contributed by atoms with Gasteiger partial charge in [-0.2, -0.15) is 0 Å². The van der Waals surface area contributed by atoms with E-state index in [9.17, 15) is 9.59 Å². The molecule has 0 fully saturated rings. The molecule has 134 valence electrons. The summed E-state index contributed by atoms with van der Waals surface area (Å²) in [5.74, 6) is 2.64. The van der Waals surface area contributed by atoms with Crippen LogP contribution >= 0.6 is 0 Å². The summed E-state index contributed by atoms with van der Waals surface area (Å²) in [5.41, 5.74) is 5.15. The first kappa shape index (κ1) is 18.0. The molecular formula is C19H21N3O3Si. The van der Waals surface area contributed by atoms with E-state index in [4.69, 9.17) is 4.74 Å². The van der Waals surface area contributed by atoms with Crippen LogP contribution in [-0.2, 0) is 11.8 Å². The third-order valence-electron chi connectivity index (χ3n) is 3.90. The van der Waals surface area contributed by atoms with E-state index in [1.165, 1.54) is 10.9 Å². The lowest BCUT2D eigenvalue weighted by Crippen LogP contribution is -2.21. The molecule has 0 radical (unpaired) electrons. The van der Waals surface area contributed by atoms with Gasteiger partial charge in [0.05, 0.1) is 17.5 Å². The number of carbonyl (C=O) groups excluding carboxylic acids is 1. The molecule has 26 heavy (non-hydrogen) atoms. The van der Waals surface area contributed by atoms with E-state index in [2.05, 4.69) is 36.1 Å². The first-order valence-corrected chi connectivity index (χ1v) is 11.9. The van der Waals surface area contributed by atoms with Crippen molar-refractivity contribution in [2.75, 3.05) is 6.61 Å². The molecule has 6 nitrogen and oxygen atoms in total. The molecule has 2 aromatic heterocycles. The molecule has 3 rings (SSSR count). The lowest BCUT2D eigenvalue weighted by atomic mass is 10.1. The number of benzene rings is 1. The van der Waals surface area contributed by atoms with E-state index in [0.29, 0.717) is 16.6 Å². The highest BCUT2D eigenvalue weighted by atomic mass is 28.3. The van der Waals surface area contributed by atoms with Crippen LogP contribution in [0.4, 0.5) is 0 Å². The summed E-state index contributed by atoms with van der Waals surface area (Å²) >= 11 is 0. The number of esters is 1. The van der Waals surface area contributed by atoms with E-state index in [1.54, 1.807) is 24.4 Å². The van der Waals surface area contributed by atoms with Gasteiger partial charge in [0.2, 0.25) is 0 Å². The number of rotatable bonds is 2. The summed E-state index contributed by atoms with van der Waals surface area (Å²) < 4.78 is 8.20. The molecule has 7 heteroatoms. The van der Waals surface area contributed by atoms with Crippen LogP contribution in [0.3, 0.4) is 0 Å². The highest BCUT2D eigenvalue weighted by Crippen LogP contribution is 2.18. The summed E-state index contributed by atoms with van der Waals surface area (Å²) in [4.78, 5) is 29.1. The van der Waals surface area contributed by atoms with Gasteiger partial charge < -0.3 is 4.74 Å². The molecule has 0 unspecified atom stereocenters. The van der Waals surface area contributed by atoms with Crippen molar-refractivity contribution in [3.05, 3.63) is 46.1 Å². The summed E-state index contributed by atoms with van der Waals surface area (Å²) in [6, 6.07) is 5.53. The van der Waals surface area contributed by atoms with E-state index in [1.807, 2.05) is 12.1 Å². The second kappa shape index (κ2) is 6.46. The number of carbonyl (C=O) groups is 1. The standard InChI is InChI=1S/C19H21N3O3Si/c1-6-25-19(24)16-17-21(2)18(23)14-11-13(9-10-26(3,4)5)7-8-15(14)22(17)12-20-16/h7-8,11-12H,6H2,1-5H3. The lowest BCUT2D eigenvalue weighted by molar-refractivity contribution is 0.0522. The van der Waals surface area contributed by atoms with Crippen molar-refractivity contribution in [1.29, 1.82) is 0 Å². The second-order valence-electron chi connectivity index (χ2n) is 7.10. The number of ether oxygens (including phenoxy) is 1. The van der Waals surface area contributed by atoms with E-state index >= 15 is 0 Å². The maximum absolute atomic E-state index is 12.9. The summed E-state index contributed by atoms with van der Waals surface area (Å²) in [7, 11) is 0.123. The molecule has 0 saturated carbocycles. The summed E-state index contributed by atoms with van der Waals surface area (Å²) in [6.07, 6.45) is 1.54. The van der Waals surface area contributed by atoms with Gasteiger partial charge in [0.1, 0.15) is 14.4 Å². The van der Waals surface area contributed by atoms with Crippen LogP contribution in [0.25, 0.3) is 16.6 Å². The largest absolute Gasteiger partial charge is 0.461 e. The van der Waals surface area contributed by atoms with Gasteiger partial charge in [0.15, 0.2) is 11.3 Å². The SMILES string of the molecule is CCOC(=O)c1ncn2c3ccc(C#C[Si](C)(C)C)cc3c(=O)n(C)c12. The Balaban J connectivity index is 2.27. The van der Waals surface area contributed by atoms with Crippen LogP contribution < -0.4 is 5.56 Å². The Morgan fingerprint density at radius 1 is 1.31 bits per heavy atom. The van der Waals surface area contributed by atoms with E-state index in [0.717, 1.165) is 5.56 Å². The minimum atomic E-state index is -1.50. The van der Waals surface area contributed by atoms with Crippen molar-refractivity contribution in [3.63, 3.8) is 0 Å². The van der Waals surface area contributed by atoms with Gasteiger partial charge in [0.25, 0.3) is 5.56 Å². The van der Waals surface area contributed by atoms with Crippen molar-refractivity contribution >= 4 is 30.6 Å². The fourth-order valence-electron chi connectivity index (χ4n) is 2.71. The monoisotopic (exact) mass is 367 g/mol. The molecule has 1 aromatic carbocycles. The molecule has 0 aliphatic heterocycles. The van der Waals surface area contributed by atoms with Crippen LogP contribution in [0.15, 0.2) is 29.3 Å². The van der Waals surface area contributed by atoms with Gasteiger partial charge in [0, 0.05) is 12.6 Å². The van der Waals surface area contributed by atoms with Gasteiger partial charge in [-0.25, -0.2) is 9.78 Å². The number of aryl methyl sites for hydroxylation is 1. The minimum absolute atomic E-state index is 0.135. The first-order chi connectivity index (χ1) is 12.2. The number of imidazole rings is 1. The maximum Gasteiger partial charge on any atom is 0.360 e. The van der Waals surface area contributed by atoms with E-state index in [-0.39, 0.29) is 17.9 Å². The molecule has 0 aliphatic carbocycles. The molecule has 0 spiro atoms. The number of hydrogen-bond donors (Lipinski definition) is 0. The molecule has 0 aliphatic rings. The normalized spacial score (nSPS) is 11.4. The molecule has 2 heterocycles. The number of hydrogen-bond acceptors (Lipinski definition) is 4. The van der Waals surface area contributed by atoms with Crippen LogP contribution in [0.1, 0.15) is 23.0 Å². The predicted molar refractivity (Wildman–Crippen MR) is 104 cm³/mol. The molecule has 0 atom stereocenters. The quantitative estimate of drug-likeness (QED) is 0.397. The predicted octanol–water partition coefficient (Wildman–Crippen LogP) is 2.59. The molecule has 0 saturated heterocycles. The first-order valence-electron chi connectivity index (χ1n) is 8.43. The number of aromatic nitrogens is 3. The van der Waals surface area contributed by atoms with Crippen LogP contribution in [-0.4, -0.2) is 34.6 Å². The fourth-order valence-corrected chi connectivity index (χ4v) is 3.23. The van der Waals surface area contributed by atoms with Crippen molar-refractivity contribution in [2.24, 2.45) is 7.05 Å². The molecule has 0 amide bonds. The molecule has 3 aromatic rings. The Hall–Kier alpha value is -2.85. The van der Waals surface area contributed by atoms with Crippen LogP contribution in [0, 0.1) is 11.5 Å². The second-order valence-corrected chi connectivity index (χ2v) is 11.9. The maximum atomic E-state index is 12.9. The van der Waals surface area contributed by atoms with Crippen LogP contribution in [0.5, 0.6) is 0 Å². The minimum Gasteiger partial charge on any atom is -0.461 e. The Bertz CT molecular complexity index is 1140. The highest BCUT2D eigenvalue weighted by molar-refractivity contribution is 6.83. The third-order valence-corrected chi connectivity index (χ3v) is 4.78. The van der Waals surface area contributed by atoms with Gasteiger partial charge in [-0.15, -0.1) is 5.54 Å². The van der Waals surface area contributed by atoms with Crippen molar-refractivity contribution in [2.45, 2.75) is 26.6 Å². The Kier molecular flexibility index (Phi) is 4.46. The summed E-state index contributed by atoms with van der Waals surface area (Å²) in [5, 5.41) is 0.537. The summed E-state index contributed by atoms with van der Waals surface area (Å²) in [6.45, 7) is 8.50. The zero-order valence-corrected chi connectivity index (χ0v) is 16.6. The number of nitrogens with zero attached hydrogens (tertiary/aromatic N) is 3. The zero-order valence-electron chi connectivity index (χ0n) is 15.6. The van der Waals surface area contributed by atoms with Crippen molar-refractivity contribution in [1.82, 2.24) is 14.0 Å². The Labute approximate surface area is 152 Å². The van der Waals surface area contributed by atoms with Gasteiger partial charge in [-0.3, -0.25) is 13.8 Å².